The van der Waals surface area contributed by atoms with Gasteiger partial charge in [-0.15, -0.1) is 5.54 Å². The van der Waals surface area contributed by atoms with Crippen molar-refractivity contribution in [1.29, 1.82) is 0 Å². The van der Waals surface area contributed by atoms with Crippen molar-refractivity contribution in [2.75, 3.05) is 11.5 Å². The predicted molar refractivity (Wildman–Crippen MR) is 78.6 cm³/mol. The fraction of sp³-hybridized carbons (Fsp3) is 0.231. The van der Waals surface area contributed by atoms with Gasteiger partial charge in [0, 0.05) is 10.9 Å². The third-order valence-electron chi connectivity index (χ3n) is 2.32. The maximum atomic E-state index is 5.84. The van der Waals surface area contributed by atoms with E-state index in [2.05, 4.69) is 41.1 Å². The van der Waals surface area contributed by atoms with Gasteiger partial charge in [0.15, 0.2) is 0 Å². The summed E-state index contributed by atoms with van der Waals surface area (Å²) in [5.41, 5.74) is 16.4. The summed E-state index contributed by atoms with van der Waals surface area (Å²) in [5, 5.41) is 0.798. The summed E-state index contributed by atoms with van der Waals surface area (Å²) in [6, 6.07) is 5.72. The molecule has 0 aliphatic rings. The van der Waals surface area contributed by atoms with E-state index in [0.717, 1.165) is 16.5 Å². The minimum Gasteiger partial charge on any atom is -0.383 e. The first-order valence-electron chi connectivity index (χ1n) is 5.71. The van der Waals surface area contributed by atoms with Gasteiger partial charge in [-0.1, -0.05) is 25.6 Å². The molecule has 1 aromatic heterocycles. The smallest absolute Gasteiger partial charge is 0.222 e. The number of aromatic nitrogens is 2. The zero-order chi connectivity index (χ0) is 13.3. The van der Waals surface area contributed by atoms with E-state index in [0.29, 0.717) is 5.82 Å². The van der Waals surface area contributed by atoms with Crippen LogP contribution in [0.4, 0.5) is 11.8 Å². The van der Waals surface area contributed by atoms with Crippen LogP contribution >= 0.6 is 0 Å². The summed E-state index contributed by atoms with van der Waals surface area (Å²) in [4.78, 5) is 8.09. The highest BCUT2D eigenvalue weighted by atomic mass is 28.3. The van der Waals surface area contributed by atoms with Gasteiger partial charge in [-0.3, -0.25) is 0 Å². The van der Waals surface area contributed by atoms with Gasteiger partial charge < -0.3 is 11.5 Å². The molecule has 18 heavy (non-hydrogen) atoms. The van der Waals surface area contributed by atoms with Crippen molar-refractivity contribution in [3.63, 3.8) is 0 Å². The van der Waals surface area contributed by atoms with Crippen LogP contribution in [0.3, 0.4) is 0 Å². The highest BCUT2D eigenvalue weighted by Gasteiger charge is 2.08. The molecule has 0 fully saturated rings. The van der Waals surface area contributed by atoms with Gasteiger partial charge >= 0.3 is 0 Å². The van der Waals surface area contributed by atoms with Crippen molar-refractivity contribution in [1.82, 2.24) is 9.97 Å². The summed E-state index contributed by atoms with van der Waals surface area (Å²) in [6.45, 7) is 6.62. The van der Waals surface area contributed by atoms with Gasteiger partial charge in [0.05, 0.1) is 5.52 Å². The van der Waals surface area contributed by atoms with E-state index < -0.39 is 8.07 Å². The molecule has 0 unspecified atom stereocenters. The Morgan fingerprint density at radius 2 is 1.83 bits per heavy atom. The van der Waals surface area contributed by atoms with Crippen LogP contribution in [0.25, 0.3) is 10.9 Å². The van der Waals surface area contributed by atoms with E-state index in [1.54, 1.807) is 0 Å². The Bertz CT molecular complexity index is 662. The van der Waals surface area contributed by atoms with Gasteiger partial charge in [0.25, 0.3) is 0 Å². The largest absolute Gasteiger partial charge is 0.383 e. The third kappa shape index (κ3) is 2.79. The van der Waals surface area contributed by atoms with Crippen LogP contribution in [-0.4, -0.2) is 18.0 Å². The van der Waals surface area contributed by atoms with E-state index in [4.69, 9.17) is 11.5 Å². The van der Waals surface area contributed by atoms with Gasteiger partial charge in [-0.25, -0.2) is 4.98 Å². The summed E-state index contributed by atoms with van der Waals surface area (Å²) in [6.07, 6.45) is 0. The fourth-order valence-electron chi connectivity index (χ4n) is 1.51. The molecular weight excluding hydrogens is 240 g/mol. The van der Waals surface area contributed by atoms with E-state index in [1.807, 2.05) is 18.2 Å². The molecule has 4 N–H and O–H groups in total. The molecule has 4 nitrogen and oxygen atoms in total. The predicted octanol–water partition coefficient (Wildman–Crippen LogP) is 2.02. The highest BCUT2D eigenvalue weighted by molar-refractivity contribution is 6.83. The number of nitrogen functional groups attached to an aromatic ring is 2. The lowest BCUT2D eigenvalue weighted by molar-refractivity contribution is 1.24. The topological polar surface area (TPSA) is 77.8 Å². The van der Waals surface area contributed by atoms with Crippen LogP contribution in [-0.2, 0) is 0 Å². The van der Waals surface area contributed by atoms with Crippen LogP contribution in [0.5, 0.6) is 0 Å². The first-order valence-corrected chi connectivity index (χ1v) is 9.21. The van der Waals surface area contributed by atoms with E-state index >= 15 is 0 Å². The number of benzene rings is 1. The SMILES string of the molecule is C[Si](C)(C)C#Cc1ccc2nc(N)nc(N)c2c1. The minimum absolute atomic E-state index is 0.195. The first-order chi connectivity index (χ1) is 8.35. The van der Waals surface area contributed by atoms with Crippen molar-refractivity contribution in [2.24, 2.45) is 0 Å². The molecule has 92 valence electrons. The molecule has 0 amide bonds. The van der Waals surface area contributed by atoms with Gasteiger partial charge in [0.1, 0.15) is 13.9 Å². The molecule has 0 saturated heterocycles. The normalized spacial score (nSPS) is 11.1. The molecule has 0 aliphatic heterocycles. The lowest BCUT2D eigenvalue weighted by Gasteiger charge is -2.04. The molecule has 0 atom stereocenters. The molecule has 0 bridgehead atoms. The number of rotatable bonds is 0. The number of hydrogen-bond acceptors (Lipinski definition) is 4. The summed E-state index contributed by atoms with van der Waals surface area (Å²) in [7, 11) is -1.37. The Morgan fingerprint density at radius 3 is 2.50 bits per heavy atom. The highest BCUT2D eigenvalue weighted by Crippen LogP contribution is 2.19. The average molecular weight is 256 g/mol. The Morgan fingerprint density at radius 1 is 1.11 bits per heavy atom. The average Bonchev–Trinajstić information content (AvgIpc) is 2.25. The third-order valence-corrected chi connectivity index (χ3v) is 3.20. The maximum Gasteiger partial charge on any atom is 0.222 e. The van der Waals surface area contributed by atoms with E-state index in [-0.39, 0.29) is 5.95 Å². The summed E-state index contributed by atoms with van der Waals surface area (Å²) in [5.74, 6) is 3.78. The summed E-state index contributed by atoms with van der Waals surface area (Å²) >= 11 is 0. The van der Waals surface area contributed by atoms with Crippen molar-refractivity contribution in [3.8, 4) is 11.5 Å². The van der Waals surface area contributed by atoms with E-state index in [9.17, 15) is 0 Å². The van der Waals surface area contributed by atoms with Gasteiger partial charge in [0.2, 0.25) is 5.95 Å². The van der Waals surface area contributed by atoms with Crippen LogP contribution in [0.15, 0.2) is 18.2 Å². The molecule has 0 spiro atoms. The Balaban J connectivity index is 2.53. The Labute approximate surface area is 107 Å². The van der Waals surface area contributed by atoms with Crippen molar-refractivity contribution < 1.29 is 0 Å². The second-order valence-electron chi connectivity index (χ2n) is 5.20. The molecule has 1 aromatic carbocycles. The van der Waals surface area contributed by atoms with Crippen molar-refractivity contribution in [2.45, 2.75) is 19.6 Å². The standard InChI is InChI=1S/C13H16N4Si/c1-18(2,3)7-6-9-4-5-11-10(8-9)12(14)17-13(15)16-11/h4-5,8H,1-3H3,(H4,14,15,16,17). The zero-order valence-electron chi connectivity index (χ0n) is 10.8. The molecule has 5 heteroatoms. The number of hydrogen-bond donors (Lipinski definition) is 2. The fourth-order valence-corrected chi connectivity index (χ4v) is 2.03. The van der Waals surface area contributed by atoms with Gasteiger partial charge in [-0.05, 0) is 18.2 Å². The lowest BCUT2D eigenvalue weighted by Crippen LogP contribution is -2.16. The van der Waals surface area contributed by atoms with Crippen LogP contribution in [0.1, 0.15) is 5.56 Å². The zero-order valence-corrected chi connectivity index (χ0v) is 11.8. The number of fused-ring (bicyclic) bond motifs is 1. The Hall–Kier alpha value is -2.06. The monoisotopic (exact) mass is 256 g/mol. The number of nitrogens with two attached hydrogens (primary N) is 2. The molecule has 1 heterocycles. The number of nitrogens with zero attached hydrogens (tertiary/aromatic N) is 2. The molecular formula is C13H16N4Si. The number of anilines is 2. The second kappa shape index (κ2) is 4.31. The van der Waals surface area contributed by atoms with Crippen LogP contribution in [0.2, 0.25) is 19.6 Å². The van der Waals surface area contributed by atoms with E-state index in [1.165, 1.54) is 0 Å². The minimum atomic E-state index is -1.37. The molecule has 0 saturated carbocycles. The maximum absolute atomic E-state index is 5.84. The molecule has 2 aromatic rings. The van der Waals surface area contributed by atoms with Crippen molar-refractivity contribution >= 4 is 30.7 Å². The summed E-state index contributed by atoms with van der Waals surface area (Å²) < 4.78 is 0. The van der Waals surface area contributed by atoms with Crippen LogP contribution in [0, 0.1) is 11.5 Å². The Kier molecular flexibility index (Phi) is 2.97. The lowest BCUT2D eigenvalue weighted by atomic mass is 10.1. The van der Waals surface area contributed by atoms with Gasteiger partial charge in [-0.2, -0.15) is 4.98 Å². The van der Waals surface area contributed by atoms with Crippen LogP contribution < -0.4 is 11.5 Å². The quantitative estimate of drug-likeness (QED) is 0.558. The second-order valence-corrected chi connectivity index (χ2v) is 9.95. The molecule has 2 rings (SSSR count). The molecule has 0 aliphatic carbocycles. The van der Waals surface area contributed by atoms with Crippen molar-refractivity contribution in [3.05, 3.63) is 23.8 Å². The first kappa shape index (κ1) is 12.4. The molecule has 0 radical (unpaired) electrons.